The van der Waals surface area contributed by atoms with Crippen molar-refractivity contribution in [2.75, 3.05) is 5.32 Å². The van der Waals surface area contributed by atoms with Crippen LogP contribution in [0.4, 0.5) is 46.5 Å². The molecule has 12 heteroatoms. The molecule has 3 aromatic rings. The molecule has 0 amide bonds. The van der Waals surface area contributed by atoms with Gasteiger partial charge in [-0.25, -0.2) is 31.1 Å². The maximum Gasteiger partial charge on any atom is 0.345 e. The first kappa shape index (κ1) is 22.8. The molecular formula is C19H6F8INO2. The van der Waals surface area contributed by atoms with Crippen molar-refractivity contribution >= 4 is 39.9 Å². The van der Waals surface area contributed by atoms with Gasteiger partial charge in [0.15, 0.2) is 11.6 Å². The van der Waals surface area contributed by atoms with Crippen LogP contribution in [0, 0.1) is 50.1 Å². The first-order valence-electron chi connectivity index (χ1n) is 7.96. The van der Waals surface area contributed by atoms with Crippen LogP contribution in [0.15, 0.2) is 30.3 Å². The van der Waals surface area contributed by atoms with E-state index in [0.29, 0.717) is 9.64 Å². The van der Waals surface area contributed by atoms with Crippen LogP contribution in [0.3, 0.4) is 0 Å². The normalized spacial score (nSPS) is 10.9. The fourth-order valence-corrected chi connectivity index (χ4v) is 2.83. The Kier molecular flexibility index (Phi) is 6.38. The number of hydrogen-bond acceptors (Lipinski definition) is 3. The maximum absolute atomic E-state index is 14.1. The van der Waals surface area contributed by atoms with Crippen molar-refractivity contribution in [3.63, 3.8) is 0 Å². The molecule has 31 heavy (non-hydrogen) atoms. The van der Waals surface area contributed by atoms with E-state index in [9.17, 15) is 39.9 Å². The number of benzene rings is 3. The quantitative estimate of drug-likeness (QED) is 0.101. The van der Waals surface area contributed by atoms with Crippen LogP contribution in [-0.2, 0) is 0 Å². The molecule has 0 saturated carbocycles. The van der Waals surface area contributed by atoms with Gasteiger partial charge in [0, 0.05) is 9.64 Å². The minimum atomic E-state index is -2.49. The molecular weight excluding hydrogens is 553 g/mol. The van der Waals surface area contributed by atoms with E-state index in [0.717, 1.165) is 6.07 Å². The molecule has 0 saturated heterocycles. The summed E-state index contributed by atoms with van der Waals surface area (Å²) in [6, 6.07) is 4.35. The van der Waals surface area contributed by atoms with E-state index < -0.39 is 69.5 Å². The van der Waals surface area contributed by atoms with Crippen molar-refractivity contribution in [1.29, 1.82) is 0 Å². The van der Waals surface area contributed by atoms with Gasteiger partial charge in [-0.05, 0) is 46.9 Å². The SMILES string of the molecule is O=C(Oc1c(F)c(F)c(F)c(F)c1F)c1cc(F)c(F)cc1Nc1ccc(I)cc1F. The van der Waals surface area contributed by atoms with E-state index in [1.54, 1.807) is 22.6 Å². The smallest absolute Gasteiger partial charge is 0.345 e. The van der Waals surface area contributed by atoms with Gasteiger partial charge in [0.1, 0.15) is 5.82 Å². The lowest BCUT2D eigenvalue weighted by molar-refractivity contribution is 0.0716. The zero-order valence-corrected chi connectivity index (χ0v) is 16.8. The van der Waals surface area contributed by atoms with Crippen molar-refractivity contribution < 1.29 is 44.7 Å². The summed E-state index contributed by atoms with van der Waals surface area (Å²) in [6.07, 6.45) is 0. The van der Waals surface area contributed by atoms with Gasteiger partial charge in [0.2, 0.25) is 34.8 Å². The standard InChI is InChI=1S/C19H6F8INO2/c20-8-4-7(12(5-9(8)21)29-11-2-1-6(28)3-10(11)22)19(30)31-18-16(26)14(24)13(23)15(25)17(18)27/h1-5,29H. The van der Waals surface area contributed by atoms with Crippen LogP contribution in [0.5, 0.6) is 5.75 Å². The van der Waals surface area contributed by atoms with Gasteiger partial charge in [0.25, 0.3) is 0 Å². The predicted molar refractivity (Wildman–Crippen MR) is 99.9 cm³/mol. The Morgan fingerprint density at radius 1 is 0.710 bits per heavy atom. The molecule has 3 rings (SSSR count). The number of ether oxygens (including phenoxy) is 1. The molecule has 162 valence electrons. The Bertz CT molecular complexity index is 1190. The Labute approximate surface area is 181 Å². The van der Waals surface area contributed by atoms with Crippen LogP contribution in [0.1, 0.15) is 10.4 Å². The second-order valence-electron chi connectivity index (χ2n) is 5.85. The van der Waals surface area contributed by atoms with Crippen molar-refractivity contribution in [1.82, 2.24) is 0 Å². The lowest BCUT2D eigenvalue weighted by Gasteiger charge is -2.14. The maximum atomic E-state index is 14.1. The van der Waals surface area contributed by atoms with Gasteiger partial charge >= 0.3 is 5.97 Å². The summed E-state index contributed by atoms with van der Waals surface area (Å²) in [7, 11) is 0. The molecule has 0 aliphatic carbocycles. The fourth-order valence-electron chi connectivity index (χ4n) is 2.38. The molecule has 0 spiro atoms. The summed E-state index contributed by atoms with van der Waals surface area (Å²) in [4.78, 5) is 12.3. The van der Waals surface area contributed by atoms with E-state index >= 15 is 0 Å². The minimum absolute atomic E-state index is 0.247. The van der Waals surface area contributed by atoms with Crippen LogP contribution < -0.4 is 10.1 Å². The average Bonchev–Trinajstić information content (AvgIpc) is 2.72. The highest BCUT2D eigenvalue weighted by atomic mass is 127. The summed E-state index contributed by atoms with van der Waals surface area (Å²) < 4.78 is 113. The van der Waals surface area contributed by atoms with Crippen molar-refractivity contribution in [2.45, 2.75) is 0 Å². The molecule has 0 aromatic heterocycles. The van der Waals surface area contributed by atoms with E-state index in [-0.39, 0.29) is 11.8 Å². The highest BCUT2D eigenvalue weighted by Gasteiger charge is 2.30. The monoisotopic (exact) mass is 559 g/mol. The number of halogens is 9. The van der Waals surface area contributed by atoms with Crippen LogP contribution >= 0.6 is 22.6 Å². The first-order chi connectivity index (χ1) is 14.5. The largest absolute Gasteiger partial charge is 0.416 e. The Morgan fingerprint density at radius 2 is 1.26 bits per heavy atom. The predicted octanol–water partition coefficient (Wildman–Crippen LogP) is 6.37. The Morgan fingerprint density at radius 3 is 1.84 bits per heavy atom. The molecule has 0 radical (unpaired) electrons. The number of rotatable bonds is 4. The number of carbonyl (C=O) groups excluding carboxylic acids is 1. The summed E-state index contributed by atoms with van der Waals surface area (Å²) in [5, 5.41) is 2.28. The minimum Gasteiger partial charge on any atom is -0.416 e. The molecule has 3 nitrogen and oxygen atoms in total. The zero-order chi connectivity index (χ0) is 23.0. The molecule has 0 unspecified atom stereocenters. The molecule has 3 aromatic carbocycles. The highest BCUT2D eigenvalue weighted by Crippen LogP contribution is 2.32. The number of anilines is 2. The highest BCUT2D eigenvalue weighted by molar-refractivity contribution is 14.1. The molecule has 0 atom stereocenters. The number of esters is 1. The van der Waals surface area contributed by atoms with Crippen molar-refractivity contribution in [2.24, 2.45) is 0 Å². The topological polar surface area (TPSA) is 38.3 Å². The van der Waals surface area contributed by atoms with Gasteiger partial charge in [-0.3, -0.25) is 0 Å². The third kappa shape index (κ3) is 4.43. The van der Waals surface area contributed by atoms with Crippen LogP contribution in [0.25, 0.3) is 0 Å². The van der Waals surface area contributed by atoms with Gasteiger partial charge in [-0.15, -0.1) is 0 Å². The molecule has 1 N–H and O–H groups in total. The molecule has 0 aliphatic heterocycles. The molecule has 0 aliphatic rings. The second kappa shape index (κ2) is 8.69. The molecule has 0 bridgehead atoms. The van der Waals surface area contributed by atoms with E-state index in [1.165, 1.54) is 12.1 Å². The van der Waals surface area contributed by atoms with Crippen molar-refractivity contribution in [3.8, 4) is 5.75 Å². The second-order valence-corrected chi connectivity index (χ2v) is 7.10. The Hall–Kier alpha value is -2.90. The van der Waals surface area contributed by atoms with Gasteiger partial charge in [-0.1, -0.05) is 0 Å². The number of nitrogens with one attached hydrogen (secondary N) is 1. The summed E-state index contributed by atoms with van der Waals surface area (Å²) in [5.74, 6) is -19.9. The summed E-state index contributed by atoms with van der Waals surface area (Å²) >= 11 is 1.80. The molecule has 0 fully saturated rings. The van der Waals surface area contributed by atoms with Gasteiger partial charge in [0.05, 0.1) is 16.9 Å². The third-order valence-corrected chi connectivity index (χ3v) is 4.52. The van der Waals surface area contributed by atoms with Crippen molar-refractivity contribution in [3.05, 3.63) is 86.0 Å². The van der Waals surface area contributed by atoms with Crippen LogP contribution in [0.2, 0.25) is 0 Å². The average molecular weight is 559 g/mol. The van der Waals surface area contributed by atoms with Crippen LogP contribution in [-0.4, -0.2) is 5.97 Å². The lowest BCUT2D eigenvalue weighted by Crippen LogP contribution is -2.16. The Balaban J connectivity index is 2.05. The third-order valence-electron chi connectivity index (χ3n) is 3.85. The lowest BCUT2D eigenvalue weighted by atomic mass is 10.1. The summed E-state index contributed by atoms with van der Waals surface area (Å²) in [5.41, 5.74) is -1.81. The van der Waals surface area contributed by atoms with E-state index in [1.807, 2.05) is 0 Å². The fraction of sp³-hybridized carbons (Fsp3) is 0. The summed E-state index contributed by atoms with van der Waals surface area (Å²) in [6.45, 7) is 0. The van der Waals surface area contributed by atoms with Gasteiger partial charge in [-0.2, -0.15) is 8.78 Å². The zero-order valence-electron chi connectivity index (χ0n) is 14.6. The van der Waals surface area contributed by atoms with E-state index in [2.05, 4.69) is 10.1 Å². The molecule has 0 heterocycles. The number of carbonyl (C=O) groups is 1. The first-order valence-corrected chi connectivity index (χ1v) is 9.03. The van der Waals surface area contributed by atoms with E-state index in [4.69, 9.17) is 0 Å². The number of hydrogen-bond donors (Lipinski definition) is 1. The van der Waals surface area contributed by atoms with Gasteiger partial charge < -0.3 is 10.1 Å².